The van der Waals surface area contributed by atoms with Crippen molar-refractivity contribution in [2.75, 3.05) is 6.61 Å². The van der Waals surface area contributed by atoms with Crippen LogP contribution >= 0.6 is 22.6 Å². The van der Waals surface area contributed by atoms with E-state index in [-0.39, 0.29) is 12.1 Å². The molecule has 1 N–H and O–H groups in total. The van der Waals surface area contributed by atoms with Gasteiger partial charge in [-0.1, -0.05) is 12.1 Å². The number of hydrogen-bond acceptors (Lipinski definition) is 2. The Bertz CT molecular complexity index is 336. The molecular formula is C10H10INO2. The molecule has 4 heteroatoms. The number of nitrogens with one attached hydrogen (secondary N) is 1. The lowest BCUT2D eigenvalue weighted by atomic mass is 10.0. The number of hydrogen-bond donors (Lipinski definition) is 1. The van der Waals surface area contributed by atoms with E-state index >= 15 is 0 Å². The second kappa shape index (κ2) is 4.16. The Morgan fingerprint density at radius 2 is 2.07 bits per heavy atom. The average molecular weight is 303 g/mol. The molecule has 1 heterocycles. The predicted octanol–water partition coefficient (Wildman–Crippen LogP) is 2.46. The van der Waals surface area contributed by atoms with E-state index in [4.69, 9.17) is 4.74 Å². The highest BCUT2D eigenvalue weighted by Gasteiger charge is 2.20. The SMILES string of the molecule is O=C1N[C@@H](c2ccc(I)cc2)CCO1. The summed E-state index contributed by atoms with van der Waals surface area (Å²) in [5, 5.41) is 2.79. The van der Waals surface area contributed by atoms with Gasteiger partial charge in [0.05, 0.1) is 12.6 Å². The third kappa shape index (κ3) is 2.17. The van der Waals surface area contributed by atoms with Gasteiger partial charge in [0.15, 0.2) is 0 Å². The van der Waals surface area contributed by atoms with E-state index in [9.17, 15) is 4.79 Å². The van der Waals surface area contributed by atoms with Gasteiger partial charge in [-0.15, -0.1) is 0 Å². The highest BCUT2D eigenvalue weighted by molar-refractivity contribution is 14.1. The highest BCUT2D eigenvalue weighted by Crippen LogP contribution is 2.20. The average Bonchev–Trinajstić information content (AvgIpc) is 2.19. The molecule has 0 bridgehead atoms. The molecule has 1 atom stereocenters. The quantitative estimate of drug-likeness (QED) is 0.809. The van der Waals surface area contributed by atoms with Gasteiger partial charge < -0.3 is 10.1 Å². The first-order chi connectivity index (χ1) is 6.75. The van der Waals surface area contributed by atoms with Gasteiger partial charge in [-0.05, 0) is 40.3 Å². The number of rotatable bonds is 1. The van der Waals surface area contributed by atoms with E-state index in [0.717, 1.165) is 12.0 Å². The second-order valence-electron chi connectivity index (χ2n) is 3.17. The molecule has 1 fully saturated rings. The van der Waals surface area contributed by atoms with E-state index in [1.807, 2.05) is 24.3 Å². The number of carbonyl (C=O) groups excluding carboxylic acids is 1. The molecule has 1 aliphatic rings. The number of ether oxygens (including phenoxy) is 1. The number of alkyl carbamates (subject to hydrolysis) is 1. The Morgan fingerprint density at radius 1 is 1.36 bits per heavy atom. The lowest BCUT2D eigenvalue weighted by Crippen LogP contribution is -2.35. The van der Waals surface area contributed by atoms with Gasteiger partial charge in [-0.2, -0.15) is 0 Å². The molecule has 1 saturated heterocycles. The van der Waals surface area contributed by atoms with Crippen molar-refractivity contribution in [2.45, 2.75) is 12.5 Å². The maximum Gasteiger partial charge on any atom is 0.407 e. The minimum atomic E-state index is -0.320. The van der Waals surface area contributed by atoms with Gasteiger partial charge in [0.2, 0.25) is 0 Å². The van der Waals surface area contributed by atoms with Crippen LogP contribution in [0.1, 0.15) is 18.0 Å². The van der Waals surface area contributed by atoms with Crippen molar-refractivity contribution in [3.8, 4) is 0 Å². The molecule has 1 aromatic rings. The monoisotopic (exact) mass is 303 g/mol. The molecule has 1 aliphatic heterocycles. The van der Waals surface area contributed by atoms with Crippen LogP contribution in [0.15, 0.2) is 24.3 Å². The van der Waals surface area contributed by atoms with Crippen molar-refractivity contribution in [3.63, 3.8) is 0 Å². The Labute approximate surface area is 96.0 Å². The van der Waals surface area contributed by atoms with Crippen molar-refractivity contribution in [1.29, 1.82) is 0 Å². The molecule has 1 aromatic carbocycles. The lowest BCUT2D eigenvalue weighted by Gasteiger charge is -2.23. The summed E-state index contributed by atoms with van der Waals surface area (Å²) in [5.74, 6) is 0. The normalized spacial score (nSPS) is 21.2. The standard InChI is InChI=1S/C10H10INO2/c11-8-3-1-7(2-4-8)9-5-6-14-10(13)12-9/h1-4,9H,5-6H2,(H,12,13)/t9-/m1/s1. The Balaban J connectivity index is 2.14. The summed E-state index contributed by atoms with van der Waals surface area (Å²) in [6.07, 6.45) is 0.520. The van der Waals surface area contributed by atoms with Gasteiger partial charge in [0.1, 0.15) is 0 Å². The van der Waals surface area contributed by atoms with Crippen LogP contribution in [-0.2, 0) is 4.74 Å². The largest absolute Gasteiger partial charge is 0.449 e. The molecule has 0 aliphatic carbocycles. The van der Waals surface area contributed by atoms with Crippen molar-refractivity contribution in [1.82, 2.24) is 5.32 Å². The minimum Gasteiger partial charge on any atom is -0.449 e. The number of halogens is 1. The smallest absolute Gasteiger partial charge is 0.407 e. The summed E-state index contributed by atoms with van der Waals surface area (Å²) in [6.45, 7) is 0.502. The Morgan fingerprint density at radius 3 is 2.71 bits per heavy atom. The predicted molar refractivity (Wildman–Crippen MR) is 61.0 cm³/mol. The van der Waals surface area contributed by atoms with Gasteiger partial charge in [0, 0.05) is 9.99 Å². The van der Waals surface area contributed by atoms with E-state index < -0.39 is 0 Å². The van der Waals surface area contributed by atoms with E-state index in [1.165, 1.54) is 3.57 Å². The topological polar surface area (TPSA) is 38.3 Å². The van der Waals surface area contributed by atoms with E-state index in [0.29, 0.717) is 6.61 Å². The van der Waals surface area contributed by atoms with Gasteiger partial charge >= 0.3 is 6.09 Å². The number of carbonyl (C=O) groups is 1. The van der Waals surface area contributed by atoms with Crippen molar-refractivity contribution in [3.05, 3.63) is 33.4 Å². The first-order valence-electron chi connectivity index (χ1n) is 4.44. The molecule has 14 heavy (non-hydrogen) atoms. The molecule has 0 spiro atoms. The van der Waals surface area contributed by atoms with Crippen LogP contribution in [0.4, 0.5) is 4.79 Å². The van der Waals surface area contributed by atoms with Crippen molar-refractivity contribution >= 4 is 28.7 Å². The zero-order valence-corrected chi connectivity index (χ0v) is 9.65. The fourth-order valence-corrected chi connectivity index (χ4v) is 1.83. The lowest BCUT2D eigenvalue weighted by molar-refractivity contribution is 0.115. The summed E-state index contributed by atoms with van der Waals surface area (Å²) < 4.78 is 6.00. The van der Waals surface area contributed by atoms with Crippen LogP contribution < -0.4 is 5.32 Å². The van der Waals surface area contributed by atoms with Gasteiger partial charge in [-0.3, -0.25) is 0 Å². The number of cyclic esters (lactones) is 1. The van der Waals surface area contributed by atoms with Crippen LogP contribution in [0.25, 0.3) is 0 Å². The fraction of sp³-hybridized carbons (Fsp3) is 0.300. The van der Waals surface area contributed by atoms with Crippen molar-refractivity contribution < 1.29 is 9.53 Å². The zero-order chi connectivity index (χ0) is 9.97. The Kier molecular flexibility index (Phi) is 2.90. The van der Waals surface area contributed by atoms with Gasteiger partial charge in [0.25, 0.3) is 0 Å². The first-order valence-corrected chi connectivity index (χ1v) is 5.52. The maximum atomic E-state index is 11.0. The fourth-order valence-electron chi connectivity index (χ4n) is 1.47. The van der Waals surface area contributed by atoms with Crippen LogP contribution in [0.5, 0.6) is 0 Å². The molecule has 0 aromatic heterocycles. The molecule has 0 saturated carbocycles. The third-order valence-electron chi connectivity index (χ3n) is 2.20. The Hall–Kier alpha value is -0.780. The van der Waals surface area contributed by atoms with E-state index in [2.05, 4.69) is 27.9 Å². The van der Waals surface area contributed by atoms with E-state index in [1.54, 1.807) is 0 Å². The summed E-state index contributed by atoms with van der Waals surface area (Å²) in [5.41, 5.74) is 1.14. The first kappa shape index (κ1) is 9.76. The summed E-state index contributed by atoms with van der Waals surface area (Å²) in [4.78, 5) is 11.0. The molecule has 1 amide bonds. The van der Waals surface area contributed by atoms with Crippen molar-refractivity contribution in [2.24, 2.45) is 0 Å². The maximum absolute atomic E-state index is 11.0. The molecular weight excluding hydrogens is 293 g/mol. The van der Waals surface area contributed by atoms with Crippen LogP contribution in [-0.4, -0.2) is 12.7 Å². The molecule has 3 nitrogen and oxygen atoms in total. The number of amides is 1. The van der Waals surface area contributed by atoms with Gasteiger partial charge in [-0.25, -0.2) is 4.79 Å². The second-order valence-corrected chi connectivity index (χ2v) is 4.42. The summed E-state index contributed by atoms with van der Waals surface area (Å²) in [6, 6.07) is 8.26. The highest BCUT2D eigenvalue weighted by atomic mass is 127. The molecule has 74 valence electrons. The zero-order valence-electron chi connectivity index (χ0n) is 7.50. The van der Waals surface area contributed by atoms with Crippen LogP contribution in [0.2, 0.25) is 0 Å². The summed E-state index contributed by atoms with van der Waals surface area (Å²) >= 11 is 2.26. The molecule has 0 radical (unpaired) electrons. The molecule has 0 unspecified atom stereocenters. The molecule has 2 rings (SSSR count). The number of benzene rings is 1. The van der Waals surface area contributed by atoms with Crippen LogP contribution in [0.3, 0.4) is 0 Å². The third-order valence-corrected chi connectivity index (χ3v) is 2.92. The minimum absolute atomic E-state index is 0.105. The van der Waals surface area contributed by atoms with Crippen LogP contribution in [0, 0.1) is 3.57 Å². The summed E-state index contributed by atoms with van der Waals surface area (Å²) in [7, 11) is 0.